The molecule has 2 nitrogen and oxygen atoms in total. The van der Waals surface area contributed by atoms with Gasteiger partial charge in [-0.2, -0.15) is 0 Å². The molecule has 0 unspecified atom stereocenters. The van der Waals surface area contributed by atoms with Gasteiger partial charge in [-0.25, -0.2) is 0 Å². The second-order valence-corrected chi connectivity index (χ2v) is 9.76. The highest BCUT2D eigenvalue weighted by atomic mass is 35.5. The van der Waals surface area contributed by atoms with E-state index in [9.17, 15) is 0 Å². The van der Waals surface area contributed by atoms with Gasteiger partial charge in [-0.15, -0.1) is 0 Å². The summed E-state index contributed by atoms with van der Waals surface area (Å²) >= 11 is 25.2. The Kier molecular flexibility index (Phi) is 5.08. The van der Waals surface area contributed by atoms with E-state index < -0.39 is 0 Å². The Bertz CT molecular complexity index is 1620. The third-order valence-corrected chi connectivity index (χ3v) is 7.00. The summed E-state index contributed by atoms with van der Waals surface area (Å²) < 4.78 is 4.45. The molecule has 2 heterocycles. The van der Waals surface area contributed by atoms with Crippen molar-refractivity contribution in [3.8, 4) is 0 Å². The van der Waals surface area contributed by atoms with E-state index in [1.807, 2.05) is 60.7 Å². The number of hydrogen-bond donors (Lipinski definition) is 0. The second-order valence-electron chi connectivity index (χ2n) is 8.01. The van der Waals surface area contributed by atoms with Crippen LogP contribution < -0.4 is 0 Å². The summed E-state index contributed by atoms with van der Waals surface area (Å²) in [6.07, 6.45) is 4.26. The molecule has 0 spiro atoms. The summed E-state index contributed by atoms with van der Waals surface area (Å²) in [5.74, 6) is 0. The lowest BCUT2D eigenvalue weighted by molar-refractivity contribution is 0.899. The molecule has 6 heteroatoms. The maximum atomic E-state index is 6.29. The number of aromatic nitrogens is 2. The molecule has 2 aromatic heterocycles. The number of nitrogens with zero attached hydrogens (tertiary/aromatic N) is 2. The third kappa shape index (κ3) is 3.50. The maximum absolute atomic E-state index is 6.29. The van der Waals surface area contributed by atoms with E-state index in [-0.39, 0.29) is 0 Å². The molecule has 0 fully saturated rings. The Labute approximate surface area is 210 Å². The van der Waals surface area contributed by atoms with Crippen LogP contribution in [0.25, 0.3) is 49.8 Å². The van der Waals surface area contributed by atoms with Crippen molar-refractivity contribution in [1.82, 2.24) is 9.13 Å². The Morgan fingerprint density at radius 1 is 0.515 bits per heavy atom. The number of fused-ring (bicyclic) bond motifs is 6. The molecule has 6 aromatic rings. The van der Waals surface area contributed by atoms with Crippen molar-refractivity contribution in [3.63, 3.8) is 0 Å². The molecule has 0 saturated heterocycles. The monoisotopic (exact) mass is 508 g/mol. The van der Waals surface area contributed by atoms with Crippen molar-refractivity contribution in [2.24, 2.45) is 0 Å². The van der Waals surface area contributed by atoms with Gasteiger partial charge in [0, 0.05) is 65.4 Å². The van der Waals surface area contributed by atoms with Crippen LogP contribution in [-0.4, -0.2) is 9.13 Å². The Balaban J connectivity index is 1.50. The molecule has 0 aliphatic carbocycles. The van der Waals surface area contributed by atoms with Crippen LogP contribution in [0.2, 0.25) is 20.1 Å². The first kappa shape index (κ1) is 20.9. The SMILES string of the molecule is Clc1ccc2c(c1)c1cc(Cl)ccc1n2C=CCn1c2ccc(Cl)cc2c2cc(Cl)ccc21. The minimum absolute atomic E-state index is 0.686. The molecule has 6 rings (SSSR count). The third-order valence-electron chi connectivity index (χ3n) is 6.06. The van der Waals surface area contributed by atoms with Crippen LogP contribution in [0.1, 0.15) is 0 Å². The Hall–Kier alpha value is -2.62. The highest BCUT2D eigenvalue weighted by Crippen LogP contribution is 2.34. The topological polar surface area (TPSA) is 9.86 Å². The summed E-state index contributed by atoms with van der Waals surface area (Å²) in [5.41, 5.74) is 4.38. The van der Waals surface area contributed by atoms with Crippen molar-refractivity contribution in [1.29, 1.82) is 0 Å². The average Bonchev–Trinajstić information content (AvgIpc) is 3.25. The van der Waals surface area contributed by atoms with E-state index in [0.717, 1.165) is 43.6 Å². The minimum atomic E-state index is 0.686. The molecule has 0 saturated carbocycles. The highest BCUT2D eigenvalue weighted by Gasteiger charge is 2.12. The predicted octanol–water partition coefficient (Wildman–Crippen LogP) is 9.69. The summed E-state index contributed by atoms with van der Waals surface area (Å²) in [6.45, 7) is 0.686. The Morgan fingerprint density at radius 2 is 0.879 bits per heavy atom. The van der Waals surface area contributed by atoms with Crippen LogP contribution in [0.4, 0.5) is 0 Å². The Morgan fingerprint density at radius 3 is 1.30 bits per heavy atom. The van der Waals surface area contributed by atoms with E-state index in [1.165, 1.54) is 0 Å². The smallest absolute Gasteiger partial charge is 0.0535 e. The quantitative estimate of drug-likeness (QED) is 0.224. The number of allylic oxidation sites excluding steroid dienone is 1. The maximum Gasteiger partial charge on any atom is 0.0535 e. The first-order valence-corrected chi connectivity index (χ1v) is 11.9. The van der Waals surface area contributed by atoms with Gasteiger partial charge in [0.05, 0.1) is 11.0 Å². The van der Waals surface area contributed by atoms with Crippen LogP contribution >= 0.6 is 46.4 Å². The summed E-state index contributed by atoms with van der Waals surface area (Å²) in [6, 6.07) is 23.8. The van der Waals surface area contributed by atoms with Gasteiger partial charge >= 0.3 is 0 Å². The van der Waals surface area contributed by atoms with Crippen molar-refractivity contribution >= 4 is 96.2 Å². The van der Waals surface area contributed by atoms with Crippen molar-refractivity contribution in [3.05, 3.63) is 99.0 Å². The van der Waals surface area contributed by atoms with Gasteiger partial charge in [0.1, 0.15) is 0 Å². The molecule has 0 radical (unpaired) electrons. The zero-order chi connectivity index (χ0) is 22.7. The second kappa shape index (κ2) is 8.00. The van der Waals surface area contributed by atoms with Crippen molar-refractivity contribution in [2.45, 2.75) is 6.54 Å². The van der Waals surface area contributed by atoms with Gasteiger partial charge in [-0.3, -0.25) is 0 Å². The number of hydrogen-bond acceptors (Lipinski definition) is 0. The molecule has 162 valence electrons. The highest BCUT2D eigenvalue weighted by molar-refractivity contribution is 6.34. The van der Waals surface area contributed by atoms with Crippen LogP contribution in [0, 0.1) is 0 Å². The van der Waals surface area contributed by atoms with Gasteiger partial charge in [0.15, 0.2) is 0 Å². The number of benzene rings is 4. The molecular formula is C27H16Cl4N2. The molecule has 0 aliphatic rings. The molecular weight excluding hydrogens is 494 g/mol. The van der Waals surface area contributed by atoms with E-state index in [1.54, 1.807) is 0 Å². The van der Waals surface area contributed by atoms with Crippen LogP contribution in [0.5, 0.6) is 0 Å². The lowest BCUT2D eigenvalue weighted by Crippen LogP contribution is -1.95. The normalized spacial score (nSPS) is 12.2. The standard InChI is InChI=1S/C27H16Cl4N2/c28-16-2-6-24-20(12-16)21-13-17(29)3-7-25(21)32(24)10-1-11-33-26-8-4-18(30)14-22(26)23-15-19(31)5-9-27(23)33/h1-10,12-15H,11H2. The van der Waals surface area contributed by atoms with Crippen molar-refractivity contribution in [2.75, 3.05) is 0 Å². The predicted molar refractivity (Wildman–Crippen MR) is 144 cm³/mol. The molecule has 33 heavy (non-hydrogen) atoms. The average molecular weight is 510 g/mol. The van der Waals surface area contributed by atoms with E-state index in [2.05, 4.69) is 33.5 Å². The fourth-order valence-corrected chi connectivity index (χ4v) is 5.35. The van der Waals surface area contributed by atoms with E-state index in [0.29, 0.717) is 26.6 Å². The molecule has 0 bridgehead atoms. The first-order chi connectivity index (χ1) is 16.0. The molecule has 0 N–H and O–H groups in total. The number of rotatable bonds is 3. The zero-order valence-corrected chi connectivity index (χ0v) is 20.2. The fourth-order valence-electron chi connectivity index (χ4n) is 4.66. The van der Waals surface area contributed by atoms with Gasteiger partial charge in [-0.05, 0) is 78.9 Å². The van der Waals surface area contributed by atoms with E-state index >= 15 is 0 Å². The van der Waals surface area contributed by atoms with Crippen LogP contribution in [0.15, 0.2) is 78.9 Å². The summed E-state index contributed by atoms with van der Waals surface area (Å²) in [7, 11) is 0. The lowest BCUT2D eigenvalue weighted by atomic mass is 10.1. The van der Waals surface area contributed by atoms with Crippen LogP contribution in [0.3, 0.4) is 0 Å². The fraction of sp³-hybridized carbons (Fsp3) is 0.0370. The lowest BCUT2D eigenvalue weighted by Gasteiger charge is -2.05. The van der Waals surface area contributed by atoms with Gasteiger partial charge in [0.2, 0.25) is 0 Å². The van der Waals surface area contributed by atoms with Crippen molar-refractivity contribution < 1.29 is 0 Å². The van der Waals surface area contributed by atoms with Gasteiger partial charge in [0.25, 0.3) is 0 Å². The molecule has 0 amide bonds. The molecule has 4 aromatic carbocycles. The zero-order valence-electron chi connectivity index (χ0n) is 17.2. The summed E-state index contributed by atoms with van der Waals surface area (Å²) in [5, 5.41) is 7.15. The summed E-state index contributed by atoms with van der Waals surface area (Å²) in [4.78, 5) is 0. The molecule has 0 aliphatic heterocycles. The minimum Gasteiger partial charge on any atom is -0.337 e. The van der Waals surface area contributed by atoms with E-state index in [4.69, 9.17) is 46.4 Å². The van der Waals surface area contributed by atoms with Gasteiger partial charge < -0.3 is 9.13 Å². The number of halogens is 4. The van der Waals surface area contributed by atoms with Gasteiger partial charge in [-0.1, -0.05) is 46.4 Å². The van der Waals surface area contributed by atoms with Crippen LogP contribution in [-0.2, 0) is 6.54 Å². The largest absolute Gasteiger partial charge is 0.337 e. The first-order valence-electron chi connectivity index (χ1n) is 10.4. The molecule has 0 atom stereocenters.